The predicted molar refractivity (Wildman–Crippen MR) is 395 cm³/mol. The smallest absolute Gasteiger partial charge is 0.462 e. The summed E-state index contributed by atoms with van der Waals surface area (Å²) < 4.78 is 68.5. The molecular weight excluding hydrogens is 1270 g/mol. The highest BCUT2D eigenvalue weighted by molar-refractivity contribution is 7.47. The van der Waals surface area contributed by atoms with Gasteiger partial charge in [-0.2, -0.15) is 0 Å². The molecule has 0 aromatic carbocycles. The summed E-state index contributed by atoms with van der Waals surface area (Å²) in [5.41, 5.74) is 0. The number of hydrogen-bond acceptors (Lipinski definition) is 15. The number of rotatable bonds is 76. The van der Waals surface area contributed by atoms with Crippen molar-refractivity contribution in [3.63, 3.8) is 0 Å². The lowest BCUT2D eigenvalue weighted by atomic mass is 10.00. The van der Waals surface area contributed by atoms with Crippen LogP contribution < -0.4 is 0 Å². The van der Waals surface area contributed by atoms with Gasteiger partial charge in [-0.1, -0.05) is 350 Å². The number of carbonyl (C=O) groups is 4. The Labute approximate surface area is 594 Å². The number of carbonyl (C=O) groups excluding carboxylic acids is 4. The Hall–Kier alpha value is -1.94. The van der Waals surface area contributed by atoms with E-state index in [0.29, 0.717) is 25.7 Å². The van der Waals surface area contributed by atoms with Gasteiger partial charge in [0.1, 0.15) is 19.3 Å². The van der Waals surface area contributed by atoms with Gasteiger partial charge in [-0.3, -0.25) is 37.3 Å². The Bertz CT molecular complexity index is 1890. The van der Waals surface area contributed by atoms with E-state index in [2.05, 4.69) is 48.5 Å². The molecule has 0 saturated carbocycles. The Morgan fingerprint density at radius 3 is 0.784 bits per heavy atom. The molecule has 0 aliphatic rings. The minimum atomic E-state index is -4.96. The maximum Gasteiger partial charge on any atom is 0.472 e. The zero-order valence-corrected chi connectivity index (χ0v) is 65.3. The van der Waals surface area contributed by atoms with E-state index in [-0.39, 0.29) is 25.7 Å². The van der Waals surface area contributed by atoms with Crippen LogP contribution >= 0.6 is 15.6 Å². The number of aliphatic hydroxyl groups excluding tert-OH is 1. The molecule has 19 heteroatoms. The van der Waals surface area contributed by atoms with Crippen molar-refractivity contribution in [2.24, 2.45) is 17.8 Å². The zero-order chi connectivity index (χ0) is 71.6. The third kappa shape index (κ3) is 70.9. The molecule has 97 heavy (non-hydrogen) atoms. The van der Waals surface area contributed by atoms with Gasteiger partial charge in [0.25, 0.3) is 0 Å². The zero-order valence-electron chi connectivity index (χ0n) is 63.5. The van der Waals surface area contributed by atoms with E-state index in [1.807, 2.05) is 0 Å². The monoisotopic (exact) mass is 1420 g/mol. The molecule has 17 nitrogen and oxygen atoms in total. The minimum absolute atomic E-state index is 0.104. The molecule has 0 bridgehead atoms. The lowest BCUT2D eigenvalue weighted by Crippen LogP contribution is -2.30. The average Bonchev–Trinajstić information content (AvgIpc) is 0.987. The molecule has 0 rings (SSSR count). The standard InChI is InChI=1S/C78H152O17P2/c1-8-10-11-12-13-14-15-16-17-18-19-20-21-22-23-24-25-26-33-38-47-54-61-77(82)94-73(65-88-75(80)59-52-45-37-32-28-27-30-35-42-49-56-69(3)4)67-92-96(84,85)90-63-72(79)64-91-97(86,87)93-68-74(66-89-76(81)60-53-46-41-40-44-51-58-71(7)9-2)95-78(83)62-55-48-39-34-29-31-36-43-50-57-70(5)6/h69-74,79H,8-68H2,1-7H3,(H,84,85)(H,86,87)/t71?,72-,73-,74-/m1/s1. The van der Waals surface area contributed by atoms with Crippen LogP contribution in [0.4, 0.5) is 0 Å². The van der Waals surface area contributed by atoms with Gasteiger partial charge in [0.05, 0.1) is 26.4 Å². The second-order valence-corrected chi connectivity index (χ2v) is 32.2. The average molecular weight is 1420 g/mol. The molecular formula is C78H152O17P2. The molecule has 0 heterocycles. The van der Waals surface area contributed by atoms with Crippen molar-refractivity contribution in [2.45, 2.75) is 420 Å². The Balaban J connectivity index is 5.19. The molecule has 0 fully saturated rings. The molecule has 3 N–H and O–H groups in total. The molecule has 576 valence electrons. The van der Waals surface area contributed by atoms with Crippen LogP contribution in [0.25, 0.3) is 0 Å². The SMILES string of the molecule is CCCCCCCCCCCCCCCCCCCCCCCCC(=O)O[C@H](COC(=O)CCCCCCCCCCCCC(C)C)COP(=O)(O)OC[C@@H](O)COP(=O)(O)OC[C@@H](COC(=O)CCCCCCCCC(C)CC)OC(=O)CCCCCCCCCCCC(C)C. The molecule has 0 spiro atoms. The van der Waals surface area contributed by atoms with Crippen LogP contribution in [-0.2, 0) is 65.4 Å². The minimum Gasteiger partial charge on any atom is -0.462 e. The highest BCUT2D eigenvalue weighted by atomic mass is 31.2. The number of ether oxygens (including phenoxy) is 4. The van der Waals surface area contributed by atoms with Gasteiger partial charge >= 0.3 is 39.5 Å². The predicted octanol–water partition coefficient (Wildman–Crippen LogP) is 23.0. The summed E-state index contributed by atoms with van der Waals surface area (Å²) in [7, 11) is -9.91. The van der Waals surface area contributed by atoms with Gasteiger partial charge in [0.2, 0.25) is 0 Å². The summed E-state index contributed by atoms with van der Waals surface area (Å²) >= 11 is 0. The Morgan fingerprint density at radius 2 is 0.526 bits per heavy atom. The van der Waals surface area contributed by atoms with E-state index in [0.717, 1.165) is 114 Å². The maximum atomic E-state index is 13.1. The van der Waals surface area contributed by atoms with Crippen molar-refractivity contribution in [1.29, 1.82) is 0 Å². The highest BCUT2D eigenvalue weighted by Crippen LogP contribution is 2.45. The van der Waals surface area contributed by atoms with E-state index in [9.17, 15) is 43.2 Å². The van der Waals surface area contributed by atoms with Gasteiger partial charge in [-0.25, -0.2) is 9.13 Å². The third-order valence-electron chi connectivity index (χ3n) is 18.5. The molecule has 0 aliphatic heterocycles. The summed E-state index contributed by atoms with van der Waals surface area (Å²) in [5.74, 6) is 0.106. The number of esters is 4. The van der Waals surface area contributed by atoms with Crippen molar-refractivity contribution in [3.05, 3.63) is 0 Å². The van der Waals surface area contributed by atoms with Crippen LogP contribution in [0.3, 0.4) is 0 Å². The lowest BCUT2D eigenvalue weighted by molar-refractivity contribution is -0.161. The quantitative estimate of drug-likeness (QED) is 0.0222. The van der Waals surface area contributed by atoms with Crippen LogP contribution in [-0.4, -0.2) is 96.7 Å². The number of aliphatic hydroxyl groups is 1. The van der Waals surface area contributed by atoms with Gasteiger partial charge in [0, 0.05) is 25.7 Å². The van der Waals surface area contributed by atoms with Gasteiger partial charge in [0.15, 0.2) is 12.2 Å². The number of phosphoric acid groups is 2. The number of unbranched alkanes of at least 4 members (excludes halogenated alkanes) is 43. The fourth-order valence-electron chi connectivity index (χ4n) is 11.9. The lowest BCUT2D eigenvalue weighted by Gasteiger charge is -2.21. The van der Waals surface area contributed by atoms with Crippen LogP contribution in [0.2, 0.25) is 0 Å². The second kappa shape index (κ2) is 68.5. The van der Waals surface area contributed by atoms with Crippen molar-refractivity contribution in [3.8, 4) is 0 Å². The number of phosphoric ester groups is 2. The highest BCUT2D eigenvalue weighted by Gasteiger charge is 2.30. The first-order chi connectivity index (χ1) is 46.8. The molecule has 0 aromatic rings. The summed E-state index contributed by atoms with van der Waals surface area (Å²) in [6, 6.07) is 0. The van der Waals surface area contributed by atoms with Crippen molar-refractivity contribution >= 4 is 39.5 Å². The van der Waals surface area contributed by atoms with E-state index in [1.165, 1.54) is 205 Å². The normalized spacial score (nSPS) is 14.3. The van der Waals surface area contributed by atoms with Crippen LogP contribution in [0.15, 0.2) is 0 Å². The van der Waals surface area contributed by atoms with Gasteiger partial charge in [-0.05, 0) is 43.4 Å². The summed E-state index contributed by atoms with van der Waals surface area (Å²) in [4.78, 5) is 72.8. The van der Waals surface area contributed by atoms with Gasteiger partial charge in [-0.15, -0.1) is 0 Å². The van der Waals surface area contributed by atoms with E-state index in [4.69, 9.17) is 37.0 Å². The Kier molecular flexibility index (Phi) is 67.1. The summed E-state index contributed by atoms with van der Waals surface area (Å²) in [6.07, 6.45) is 55.8. The Morgan fingerprint density at radius 1 is 0.299 bits per heavy atom. The molecule has 0 aliphatic carbocycles. The second-order valence-electron chi connectivity index (χ2n) is 29.3. The summed E-state index contributed by atoms with van der Waals surface area (Å²) in [5, 5.41) is 10.6. The van der Waals surface area contributed by atoms with E-state index >= 15 is 0 Å². The van der Waals surface area contributed by atoms with E-state index < -0.39 is 97.5 Å². The van der Waals surface area contributed by atoms with Crippen molar-refractivity contribution in [2.75, 3.05) is 39.6 Å². The molecule has 0 aromatic heterocycles. The van der Waals surface area contributed by atoms with Gasteiger partial charge < -0.3 is 33.8 Å². The third-order valence-corrected chi connectivity index (χ3v) is 20.4. The molecule has 0 saturated heterocycles. The molecule has 0 radical (unpaired) electrons. The first-order valence-corrected chi connectivity index (χ1v) is 43.4. The topological polar surface area (TPSA) is 237 Å². The fraction of sp³-hybridized carbons (Fsp3) is 0.949. The van der Waals surface area contributed by atoms with Crippen LogP contribution in [0, 0.1) is 17.8 Å². The largest absolute Gasteiger partial charge is 0.472 e. The van der Waals surface area contributed by atoms with Crippen LogP contribution in [0.5, 0.6) is 0 Å². The first kappa shape index (κ1) is 95.1. The first-order valence-electron chi connectivity index (χ1n) is 40.4. The van der Waals surface area contributed by atoms with Crippen molar-refractivity contribution in [1.82, 2.24) is 0 Å². The van der Waals surface area contributed by atoms with Crippen LogP contribution in [0.1, 0.15) is 402 Å². The fourth-order valence-corrected chi connectivity index (χ4v) is 13.5. The number of hydrogen-bond donors (Lipinski definition) is 3. The van der Waals surface area contributed by atoms with Crippen molar-refractivity contribution < 1.29 is 80.2 Å². The summed E-state index contributed by atoms with van der Waals surface area (Å²) in [6.45, 7) is 11.8. The maximum absolute atomic E-state index is 13.1. The molecule has 0 amide bonds. The molecule has 3 unspecified atom stereocenters. The molecule has 6 atom stereocenters. The van der Waals surface area contributed by atoms with E-state index in [1.54, 1.807) is 0 Å².